The second-order valence-corrected chi connectivity index (χ2v) is 7.49. The van der Waals surface area contributed by atoms with E-state index in [1.165, 1.54) is 0 Å². The van der Waals surface area contributed by atoms with Crippen molar-refractivity contribution in [2.45, 2.75) is 26.5 Å². The maximum atomic E-state index is 9.48. The highest BCUT2D eigenvalue weighted by Crippen LogP contribution is 2.34. The van der Waals surface area contributed by atoms with Crippen molar-refractivity contribution < 1.29 is 5.11 Å². The molecule has 0 unspecified atom stereocenters. The van der Waals surface area contributed by atoms with Crippen LogP contribution < -0.4 is 5.32 Å². The quantitative estimate of drug-likeness (QED) is 0.550. The number of nitrogens with one attached hydrogen (secondary N) is 1. The van der Waals surface area contributed by atoms with E-state index in [9.17, 15) is 5.11 Å². The first-order valence-electron chi connectivity index (χ1n) is 8.54. The van der Waals surface area contributed by atoms with Gasteiger partial charge in [-0.15, -0.1) is 0 Å². The molecule has 2 N–H and O–H groups in total. The number of rotatable bonds is 5. The molecule has 4 aromatic rings. The first-order valence-corrected chi connectivity index (χ1v) is 9.36. The third-order valence-corrected chi connectivity index (χ3v) is 5.03. The molecular formula is C20H20N4OS. The lowest BCUT2D eigenvalue weighted by molar-refractivity contribution is 0.277. The Kier molecular flexibility index (Phi) is 4.44. The topological polar surface area (TPSA) is 62.5 Å². The number of benzene rings is 1. The number of hydrogen-bond acceptors (Lipinski definition) is 5. The SMILES string of the molecule is CC(C)Nc1ncc(-c2cc(-c3ccccc3)c3nc(CO)cn3c2)s1. The summed E-state index contributed by atoms with van der Waals surface area (Å²) in [5.41, 5.74) is 4.71. The molecule has 3 heterocycles. The Bertz CT molecular complexity index is 1040. The van der Waals surface area contributed by atoms with E-state index >= 15 is 0 Å². The molecule has 3 aromatic heterocycles. The molecule has 5 nitrogen and oxygen atoms in total. The Morgan fingerprint density at radius 1 is 1.15 bits per heavy atom. The lowest BCUT2D eigenvalue weighted by Crippen LogP contribution is -2.08. The van der Waals surface area contributed by atoms with Crippen LogP contribution in [0.1, 0.15) is 19.5 Å². The molecule has 132 valence electrons. The Morgan fingerprint density at radius 3 is 2.69 bits per heavy atom. The van der Waals surface area contributed by atoms with Gasteiger partial charge in [-0.3, -0.25) is 0 Å². The number of fused-ring (bicyclic) bond motifs is 1. The standard InChI is InChI=1S/C20H20N4OS/c1-13(2)22-20-21-9-18(26-20)15-8-17(14-6-4-3-5-7-14)19-23-16(12-25)11-24(19)10-15/h3-11,13,25H,12H2,1-2H3,(H,21,22). The van der Waals surface area contributed by atoms with Gasteiger partial charge in [0.15, 0.2) is 5.13 Å². The van der Waals surface area contributed by atoms with Crippen LogP contribution in [-0.2, 0) is 6.61 Å². The average molecular weight is 364 g/mol. The van der Waals surface area contributed by atoms with Crippen LogP contribution in [0.5, 0.6) is 0 Å². The van der Waals surface area contributed by atoms with Crippen molar-refractivity contribution in [3.8, 4) is 21.6 Å². The van der Waals surface area contributed by atoms with Gasteiger partial charge in [0.05, 0.1) is 17.2 Å². The van der Waals surface area contributed by atoms with Crippen molar-refractivity contribution >= 4 is 22.1 Å². The van der Waals surface area contributed by atoms with Gasteiger partial charge in [-0.25, -0.2) is 9.97 Å². The molecule has 0 spiro atoms. The van der Waals surface area contributed by atoms with Crippen molar-refractivity contribution in [1.82, 2.24) is 14.4 Å². The fourth-order valence-corrected chi connectivity index (χ4v) is 3.85. The minimum atomic E-state index is -0.0751. The Hall–Kier alpha value is -2.70. The van der Waals surface area contributed by atoms with E-state index in [2.05, 4.69) is 47.3 Å². The molecule has 0 aliphatic carbocycles. The summed E-state index contributed by atoms with van der Waals surface area (Å²) in [6, 6.07) is 12.7. The van der Waals surface area contributed by atoms with Gasteiger partial charge in [-0.1, -0.05) is 41.7 Å². The monoisotopic (exact) mass is 364 g/mol. The first kappa shape index (κ1) is 16.8. The van der Waals surface area contributed by atoms with Crippen molar-refractivity contribution in [3.63, 3.8) is 0 Å². The van der Waals surface area contributed by atoms with Crippen LogP contribution in [0, 0.1) is 0 Å². The molecule has 1 aromatic carbocycles. The van der Waals surface area contributed by atoms with Crippen LogP contribution in [0.4, 0.5) is 5.13 Å². The van der Waals surface area contributed by atoms with E-state index in [-0.39, 0.29) is 6.61 Å². The van der Waals surface area contributed by atoms with Crippen LogP contribution >= 0.6 is 11.3 Å². The molecule has 0 bridgehead atoms. The fourth-order valence-electron chi connectivity index (χ4n) is 2.91. The van der Waals surface area contributed by atoms with Crippen molar-refractivity contribution in [2.24, 2.45) is 0 Å². The van der Waals surface area contributed by atoms with Gasteiger partial charge in [-0.05, 0) is 25.5 Å². The smallest absolute Gasteiger partial charge is 0.183 e. The molecule has 0 aliphatic rings. The number of pyridine rings is 1. The zero-order valence-corrected chi connectivity index (χ0v) is 15.5. The number of hydrogen-bond donors (Lipinski definition) is 2. The zero-order valence-electron chi connectivity index (χ0n) is 14.7. The highest BCUT2D eigenvalue weighted by atomic mass is 32.1. The van der Waals surface area contributed by atoms with E-state index < -0.39 is 0 Å². The van der Waals surface area contributed by atoms with E-state index in [1.54, 1.807) is 11.3 Å². The van der Waals surface area contributed by atoms with Gasteiger partial charge in [-0.2, -0.15) is 0 Å². The summed E-state index contributed by atoms with van der Waals surface area (Å²) in [6.07, 6.45) is 5.81. The highest BCUT2D eigenvalue weighted by molar-refractivity contribution is 7.18. The Balaban J connectivity index is 1.87. The van der Waals surface area contributed by atoms with Crippen LogP contribution in [0.2, 0.25) is 0 Å². The van der Waals surface area contributed by atoms with Crippen LogP contribution in [0.15, 0.2) is 55.0 Å². The number of aliphatic hydroxyl groups excluding tert-OH is 1. The fraction of sp³-hybridized carbons (Fsp3) is 0.200. The molecule has 0 amide bonds. The van der Waals surface area contributed by atoms with Crippen LogP contribution in [0.3, 0.4) is 0 Å². The average Bonchev–Trinajstić information content (AvgIpc) is 3.27. The van der Waals surface area contributed by atoms with Gasteiger partial charge >= 0.3 is 0 Å². The second-order valence-electron chi connectivity index (χ2n) is 6.46. The molecule has 0 atom stereocenters. The third kappa shape index (κ3) is 3.21. The van der Waals surface area contributed by atoms with E-state index in [1.807, 2.05) is 41.2 Å². The summed E-state index contributed by atoms with van der Waals surface area (Å²) >= 11 is 1.63. The molecule has 0 saturated carbocycles. The van der Waals surface area contributed by atoms with Crippen LogP contribution in [0.25, 0.3) is 27.2 Å². The molecule has 26 heavy (non-hydrogen) atoms. The number of aromatic nitrogens is 3. The maximum Gasteiger partial charge on any atom is 0.183 e. The summed E-state index contributed by atoms with van der Waals surface area (Å²) in [7, 11) is 0. The Labute approximate surface area is 156 Å². The van der Waals surface area contributed by atoms with Gasteiger partial charge < -0.3 is 14.8 Å². The van der Waals surface area contributed by atoms with Gasteiger partial charge in [0.25, 0.3) is 0 Å². The van der Waals surface area contributed by atoms with E-state index in [4.69, 9.17) is 0 Å². The number of imidazole rings is 1. The molecule has 0 radical (unpaired) electrons. The predicted molar refractivity (Wildman–Crippen MR) is 106 cm³/mol. The molecule has 0 fully saturated rings. The Morgan fingerprint density at radius 2 is 1.96 bits per heavy atom. The first-order chi connectivity index (χ1) is 12.6. The normalized spacial score (nSPS) is 11.4. The summed E-state index contributed by atoms with van der Waals surface area (Å²) in [5.74, 6) is 0. The maximum absolute atomic E-state index is 9.48. The lowest BCUT2D eigenvalue weighted by Gasteiger charge is -2.07. The molecule has 0 aliphatic heterocycles. The molecule has 4 rings (SSSR count). The summed E-state index contributed by atoms with van der Waals surface area (Å²) in [4.78, 5) is 10.1. The van der Waals surface area contributed by atoms with Gasteiger partial charge in [0.1, 0.15) is 5.65 Å². The lowest BCUT2D eigenvalue weighted by atomic mass is 10.0. The highest BCUT2D eigenvalue weighted by Gasteiger charge is 2.13. The minimum absolute atomic E-state index is 0.0751. The van der Waals surface area contributed by atoms with Crippen LogP contribution in [-0.4, -0.2) is 25.5 Å². The summed E-state index contributed by atoms with van der Waals surface area (Å²) in [5, 5.41) is 13.7. The summed E-state index contributed by atoms with van der Waals surface area (Å²) < 4.78 is 1.98. The number of anilines is 1. The van der Waals surface area contributed by atoms with Gasteiger partial charge in [0, 0.05) is 35.8 Å². The largest absolute Gasteiger partial charge is 0.390 e. The molecule has 6 heteroatoms. The third-order valence-electron chi connectivity index (χ3n) is 4.05. The minimum Gasteiger partial charge on any atom is -0.390 e. The second kappa shape index (κ2) is 6.90. The number of aliphatic hydroxyl groups is 1. The van der Waals surface area contributed by atoms with Crippen molar-refractivity contribution in [2.75, 3.05) is 5.32 Å². The number of thiazole rings is 1. The van der Waals surface area contributed by atoms with Crippen molar-refractivity contribution in [1.29, 1.82) is 0 Å². The van der Waals surface area contributed by atoms with Crippen molar-refractivity contribution in [3.05, 3.63) is 60.7 Å². The molecule has 0 saturated heterocycles. The zero-order chi connectivity index (χ0) is 18.1. The molecular weight excluding hydrogens is 344 g/mol. The van der Waals surface area contributed by atoms with Gasteiger partial charge in [0.2, 0.25) is 0 Å². The van der Waals surface area contributed by atoms with E-state index in [0.717, 1.165) is 32.3 Å². The van der Waals surface area contributed by atoms with E-state index in [0.29, 0.717) is 11.7 Å². The predicted octanol–water partition coefficient (Wildman–Crippen LogP) is 4.44. The summed E-state index contributed by atoms with van der Waals surface area (Å²) in [6.45, 7) is 4.12. The number of nitrogens with zero attached hydrogens (tertiary/aromatic N) is 3.